The zero-order valence-corrected chi connectivity index (χ0v) is 30.4. The van der Waals surface area contributed by atoms with E-state index in [4.69, 9.17) is 0 Å². The fraction of sp³-hybridized carbons (Fsp3) is 0.585. The van der Waals surface area contributed by atoms with Crippen molar-refractivity contribution in [3.8, 4) is 0 Å². The van der Waals surface area contributed by atoms with Gasteiger partial charge in [0.15, 0.2) is 0 Å². The van der Waals surface area contributed by atoms with Crippen molar-refractivity contribution in [1.29, 1.82) is 0 Å². The molecule has 0 saturated heterocycles. The number of pyridine rings is 1. The Morgan fingerprint density at radius 3 is 1.43 bits per heavy atom. The minimum absolute atomic E-state index is 0. The Morgan fingerprint density at radius 2 is 1.11 bits per heavy atom. The second-order valence-corrected chi connectivity index (χ2v) is 18.9. The van der Waals surface area contributed by atoms with E-state index in [1.165, 1.54) is 22.9 Å². The van der Waals surface area contributed by atoms with Crippen LogP contribution in [0.1, 0.15) is 99.3 Å². The molecule has 8 saturated carbocycles. The van der Waals surface area contributed by atoms with Crippen LogP contribution in [0.5, 0.6) is 0 Å². The van der Waals surface area contributed by atoms with Crippen LogP contribution in [0, 0.1) is 68.4 Å². The number of aromatic nitrogens is 1. The third-order valence-electron chi connectivity index (χ3n) is 12.1. The SMILES string of the molecule is Cc1[c-]c(C)cc(C)c1.[Pt+2].[c-]1ccccc1CP(C12CC3CC(CC(C3)C1)C2)C12CC3CC(CC(C3)C1)C2.c1ccncc1. The second-order valence-electron chi connectivity index (χ2n) is 15.8. The van der Waals surface area contributed by atoms with E-state index in [1.54, 1.807) is 95.0 Å². The van der Waals surface area contributed by atoms with E-state index in [9.17, 15) is 0 Å². The maximum atomic E-state index is 3.78. The quantitative estimate of drug-likeness (QED) is 0.190. The topological polar surface area (TPSA) is 12.9 Å². The number of rotatable bonds is 4. The van der Waals surface area contributed by atoms with Crippen LogP contribution in [0.15, 0.2) is 67.0 Å². The fourth-order valence-corrected chi connectivity index (χ4v) is 16.8. The molecule has 0 unspecified atom stereocenters. The van der Waals surface area contributed by atoms with Gasteiger partial charge in [-0.1, -0.05) is 34.8 Å². The Hall–Kier alpha value is -1.29. The first kappa shape index (κ1) is 32.6. The van der Waals surface area contributed by atoms with Crippen molar-refractivity contribution in [1.82, 2.24) is 4.98 Å². The standard InChI is InChI=1S/C27H36P.C9H11.C5H5N.Pt/c1-2-4-19(5-3-1)18-28(26-12-20-6-21(13-26)8-22(7-20)14-26)27-15-23-9-24(16-27)11-25(10-23)17-27;1-7-4-8(2)6-9(3)5-7;1-2-4-6-5-3-1;/h1-4,20-25H,6-18H2;4-5H,1-3H3;1-5H;/q2*-1;;+2. The van der Waals surface area contributed by atoms with Crippen molar-refractivity contribution in [3.63, 3.8) is 0 Å². The van der Waals surface area contributed by atoms with Crippen LogP contribution in [0.4, 0.5) is 0 Å². The molecular weight excluding hydrogens is 733 g/mol. The van der Waals surface area contributed by atoms with Gasteiger partial charge in [0, 0.05) is 12.4 Å². The van der Waals surface area contributed by atoms with E-state index in [0.717, 1.165) is 45.8 Å². The van der Waals surface area contributed by atoms with Gasteiger partial charge in [0.25, 0.3) is 0 Å². The molecular formula is C41H52NPPt. The summed E-state index contributed by atoms with van der Waals surface area (Å²) in [6.07, 6.45) is 24.2. The summed E-state index contributed by atoms with van der Waals surface area (Å²) in [5.41, 5.74) is 5.34. The Kier molecular flexibility index (Phi) is 10.3. The van der Waals surface area contributed by atoms with E-state index < -0.39 is 0 Å². The van der Waals surface area contributed by atoms with Gasteiger partial charge in [-0.3, -0.25) is 4.98 Å². The van der Waals surface area contributed by atoms with Crippen molar-refractivity contribution in [3.05, 3.63) is 101 Å². The van der Waals surface area contributed by atoms with Crippen LogP contribution >= 0.6 is 7.92 Å². The minimum atomic E-state index is 0. The average molecular weight is 785 g/mol. The largest absolute Gasteiger partial charge is 2.00 e. The minimum Gasteiger partial charge on any atom is -0.265 e. The van der Waals surface area contributed by atoms with E-state index in [1.807, 2.05) is 18.2 Å². The van der Waals surface area contributed by atoms with Gasteiger partial charge in [-0.15, -0.1) is 0 Å². The van der Waals surface area contributed by atoms with Gasteiger partial charge < -0.3 is 0 Å². The van der Waals surface area contributed by atoms with Gasteiger partial charge in [0.05, 0.1) is 0 Å². The van der Waals surface area contributed by atoms with Gasteiger partial charge >= 0.3 is 21.1 Å². The molecule has 11 rings (SSSR count). The molecule has 0 spiro atoms. The molecule has 8 fully saturated rings. The molecule has 1 aromatic heterocycles. The molecule has 2 aromatic carbocycles. The molecule has 44 heavy (non-hydrogen) atoms. The van der Waals surface area contributed by atoms with Crippen molar-refractivity contribution in [2.75, 3.05) is 0 Å². The van der Waals surface area contributed by atoms with E-state index in [2.05, 4.69) is 74.3 Å². The predicted molar refractivity (Wildman–Crippen MR) is 181 cm³/mol. The number of hydrogen-bond donors (Lipinski definition) is 0. The smallest absolute Gasteiger partial charge is 0.265 e. The predicted octanol–water partition coefficient (Wildman–Crippen LogP) is 10.9. The summed E-state index contributed by atoms with van der Waals surface area (Å²) in [6, 6.07) is 25.9. The summed E-state index contributed by atoms with van der Waals surface area (Å²) in [7, 11) is 0.0836. The van der Waals surface area contributed by atoms with Crippen molar-refractivity contribution in [2.45, 2.75) is 114 Å². The molecule has 0 atom stereocenters. The van der Waals surface area contributed by atoms with Gasteiger partial charge in [0.2, 0.25) is 0 Å². The molecule has 8 bridgehead atoms. The average Bonchev–Trinajstić information content (AvgIpc) is 2.96. The maximum absolute atomic E-state index is 3.78. The Bertz CT molecular complexity index is 1160. The number of hydrogen-bond acceptors (Lipinski definition) is 1. The number of nitrogens with zero attached hydrogens (tertiary/aromatic N) is 1. The summed E-state index contributed by atoms with van der Waals surface area (Å²) >= 11 is 0. The maximum Gasteiger partial charge on any atom is 2.00 e. The third kappa shape index (κ3) is 7.16. The van der Waals surface area contributed by atoms with Gasteiger partial charge in [-0.2, -0.15) is 70.8 Å². The molecule has 1 nitrogen and oxygen atoms in total. The van der Waals surface area contributed by atoms with Crippen LogP contribution in [-0.2, 0) is 27.2 Å². The molecule has 0 aliphatic heterocycles. The normalized spacial score (nSPS) is 35.9. The van der Waals surface area contributed by atoms with Crippen molar-refractivity contribution >= 4 is 7.92 Å². The Labute approximate surface area is 283 Å². The van der Waals surface area contributed by atoms with Crippen LogP contribution in [0.2, 0.25) is 0 Å². The molecule has 3 aromatic rings. The second kappa shape index (κ2) is 13.8. The number of benzene rings is 2. The molecule has 0 amide bonds. The molecule has 8 aliphatic rings. The summed E-state index contributed by atoms with van der Waals surface area (Å²) in [5, 5.41) is 1.53. The monoisotopic (exact) mass is 784 g/mol. The first-order valence-electron chi connectivity index (χ1n) is 17.4. The van der Waals surface area contributed by atoms with Gasteiger partial charge in [-0.05, 0) is 141 Å². The zero-order valence-electron chi connectivity index (χ0n) is 27.2. The molecule has 8 aliphatic carbocycles. The summed E-state index contributed by atoms with van der Waals surface area (Å²) in [6.45, 7) is 6.24. The van der Waals surface area contributed by atoms with Gasteiger partial charge in [-0.25, -0.2) is 0 Å². The molecule has 3 heteroatoms. The molecule has 236 valence electrons. The Balaban J connectivity index is 0.000000178. The molecule has 1 heterocycles. The van der Waals surface area contributed by atoms with Crippen LogP contribution in [0.25, 0.3) is 0 Å². The zero-order chi connectivity index (χ0) is 29.4. The van der Waals surface area contributed by atoms with Crippen LogP contribution in [0.3, 0.4) is 0 Å². The first-order chi connectivity index (χ1) is 20.9. The van der Waals surface area contributed by atoms with Gasteiger partial charge in [0.1, 0.15) is 0 Å². The Morgan fingerprint density at radius 1 is 0.659 bits per heavy atom. The van der Waals surface area contributed by atoms with Crippen molar-refractivity contribution in [2.24, 2.45) is 35.5 Å². The first-order valence-corrected chi connectivity index (χ1v) is 18.9. The van der Waals surface area contributed by atoms with E-state index in [-0.39, 0.29) is 29.0 Å². The summed E-state index contributed by atoms with van der Waals surface area (Å²) in [4.78, 5) is 3.78. The van der Waals surface area contributed by atoms with Crippen LogP contribution < -0.4 is 0 Å². The fourth-order valence-electron chi connectivity index (χ4n) is 11.7. The summed E-state index contributed by atoms with van der Waals surface area (Å²) < 4.78 is 0. The molecule has 0 N–H and O–H groups in total. The molecule has 0 radical (unpaired) electrons. The van der Waals surface area contributed by atoms with E-state index in [0.29, 0.717) is 0 Å². The van der Waals surface area contributed by atoms with Crippen molar-refractivity contribution < 1.29 is 21.1 Å². The van der Waals surface area contributed by atoms with Crippen LogP contribution in [-0.4, -0.2) is 15.3 Å². The third-order valence-corrected chi connectivity index (χ3v) is 16.2. The number of aryl methyl sites for hydroxylation is 3. The summed E-state index contributed by atoms with van der Waals surface area (Å²) in [5.74, 6) is 6.61. The van der Waals surface area contributed by atoms with E-state index >= 15 is 0 Å².